The zero-order chi connectivity index (χ0) is 13.8. The highest BCUT2D eigenvalue weighted by Gasteiger charge is 2.13. The van der Waals surface area contributed by atoms with Crippen molar-refractivity contribution < 1.29 is 9.90 Å². The van der Waals surface area contributed by atoms with E-state index in [0.29, 0.717) is 16.6 Å². The molecule has 1 aromatic carbocycles. The molecule has 100 valence electrons. The number of nitrogens with zero attached hydrogens (tertiary/aromatic N) is 2. The first-order valence-electron chi connectivity index (χ1n) is 5.61. The number of rotatable bonds is 5. The van der Waals surface area contributed by atoms with Crippen molar-refractivity contribution in [1.82, 2.24) is 10.2 Å². The summed E-state index contributed by atoms with van der Waals surface area (Å²) in [6.45, 7) is 1.56. The van der Waals surface area contributed by atoms with Crippen molar-refractivity contribution in [3.05, 3.63) is 39.9 Å². The van der Waals surface area contributed by atoms with Crippen LogP contribution in [0.4, 0.5) is 5.13 Å². The van der Waals surface area contributed by atoms with Crippen molar-refractivity contribution in [3.63, 3.8) is 0 Å². The standard InChI is InChI=1S/C12H12ClN3O2S/c1-7(11(17)18)14-12-16-15-10(19-12)6-8-2-4-9(13)5-3-8/h2-5,7H,6H2,1H3,(H,14,16)(H,17,18)/t7-/m0/s1. The van der Waals surface area contributed by atoms with Crippen molar-refractivity contribution in [3.8, 4) is 0 Å². The Kier molecular flexibility index (Phi) is 4.34. The molecule has 0 bridgehead atoms. The Balaban J connectivity index is 2.01. The second-order valence-corrected chi connectivity index (χ2v) is 5.51. The predicted octanol–water partition coefficient (Wildman–Crippen LogP) is 2.67. The van der Waals surface area contributed by atoms with Gasteiger partial charge in [-0.05, 0) is 24.6 Å². The first-order valence-corrected chi connectivity index (χ1v) is 6.80. The summed E-state index contributed by atoms with van der Waals surface area (Å²) in [7, 11) is 0. The van der Waals surface area contributed by atoms with Gasteiger partial charge in [0, 0.05) is 11.4 Å². The predicted molar refractivity (Wildman–Crippen MR) is 74.9 cm³/mol. The Labute approximate surface area is 119 Å². The van der Waals surface area contributed by atoms with E-state index in [0.717, 1.165) is 10.6 Å². The van der Waals surface area contributed by atoms with E-state index in [9.17, 15) is 4.79 Å². The van der Waals surface area contributed by atoms with E-state index >= 15 is 0 Å². The maximum atomic E-state index is 10.7. The van der Waals surface area contributed by atoms with Gasteiger partial charge in [-0.25, -0.2) is 0 Å². The summed E-state index contributed by atoms with van der Waals surface area (Å²) in [5.41, 5.74) is 1.08. The second kappa shape index (κ2) is 5.99. The molecule has 1 heterocycles. The third-order valence-corrected chi connectivity index (χ3v) is 3.55. The van der Waals surface area contributed by atoms with Crippen molar-refractivity contribution in [2.45, 2.75) is 19.4 Å². The van der Waals surface area contributed by atoms with Crippen LogP contribution >= 0.6 is 22.9 Å². The summed E-state index contributed by atoms with van der Waals surface area (Å²) in [5.74, 6) is -0.922. The van der Waals surface area contributed by atoms with Crippen LogP contribution in [0.1, 0.15) is 17.5 Å². The van der Waals surface area contributed by atoms with Gasteiger partial charge in [0.05, 0.1) is 0 Å². The number of aliphatic carboxylic acids is 1. The molecule has 2 aromatic rings. The summed E-state index contributed by atoms with van der Waals surface area (Å²) in [6, 6.07) is 6.82. The van der Waals surface area contributed by atoms with E-state index in [1.807, 2.05) is 24.3 Å². The molecule has 0 saturated heterocycles. The minimum absolute atomic E-state index is 0.513. The summed E-state index contributed by atoms with van der Waals surface area (Å²) >= 11 is 7.16. The minimum Gasteiger partial charge on any atom is -0.480 e. The van der Waals surface area contributed by atoms with E-state index in [-0.39, 0.29) is 0 Å². The average Bonchev–Trinajstić information content (AvgIpc) is 2.79. The van der Waals surface area contributed by atoms with E-state index in [2.05, 4.69) is 15.5 Å². The number of carbonyl (C=O) groups is 1. The fourth-order valence-corrected chi connectivity index (χ4v) is 2.39. The van der Waals surface area contributed by atoms with Crippen LogP contribution in [0.3, 0.4) is 0 Å². The van der Waals surface area contributed by atoms with Gasteiger partial charge in [-0.2, -0.15) is 0 Å². The molecule has 0 aliphatic carbocycles. The number of halogens is 1. The molecule has 0 aliphatic rings. The summed E-state index contributed by atoms with van der Waals surface area (Å²) in [5, 5.41) is 21.5. The van der Waals surface area contributed by atoms with Crippen molar-refractivity contribution in [2.75, 3.05) is 5.32 Å². The SMILES string of the molecule is C[C@H](Nc1nnc(Cc2ccc(Cl)cc2)s1)C(=O)O. The summed E-state index contributed by atoms with van der Waals surface area (Å²) in [4.78, 5) is 10.7. The number of anilines is 1. The number of hydrogen-bond acceptors (Lipinski definition) is 5. The monoisotopic (exact) mass is 297 g/mol. The van der Waals surface area contributed by atoms with Crippen LogP contribution in [0, 0.1) is 0 Å². The normalized spacial score (nSPS) is 12.1. The van der Waals surface area contributed by atoms with Crippen LogP contribution in [-0.4, -0.2) is 27.3 Å². The Bertz CT molecular complexity index is 571. The molecule has 0 spiro atoms. The van der Waals surface area contributed by atoms with Crippen LogP contribution < -0.4 is 5.32 Å². The number of carboxylic acid groups (broad SMARTS) is 1. The summed E-state index contributed by atoms with van der Waals surface area (Å²) < 4.78 is 0. The molecule has 0 radical (unpaired) electrons. The number of aromatic nitrogens is 2. The maximum absolute atomic E-state index is 10.7. The fraction of sp³-hybridized carbons (Fsp3) is 0.250. The smallest absolute Gasteiger partial charge is 0.325 e. The van der Waals surface area contributed by atoms with Crippen molar-refractivity contribution in [2.24, 2.45) is 0 Å². The molecule has 1 aromatic heterocycles. The quantitative estimate of drug-likeness (QED) is 0.887. The largest absolute Gasteiger partial charge is 0.480 e. The number of hydrogen-bond donors (Lipinski definition) is 2. The van der Waals surface area contributed by atoms with E-state index in [1.165, 1.54) is 11.3 Å². The molecular weight excluding hydrogens is 286 g/mol. The Morgan fingerprint density at radius 1 is 1.42 bits per heavy atom. The van der Waals surface area contributed by atoms with Gasteiger partial charge in [0.1, 0.15) is 11.0 Å². The molecular formula is C12H12ClN3O2S. The molecule has 0 unspecified atom stereocenters. The van der Waals surface area contributed by atoms with Gasteiger partial charge in [0.25, 0.3) is 0 Å². The maximum Gasteiger partial charge on any atom is 0.325 e. The molecule has 2 rings (SSSR count). The highest BCUT2D eigenvalue weighted by molar-refractivity contribution is 7.15. The van der Waals surface area contributed by atoms with Crippen molar-refractivity contribution in [1.29, 1.82) is 0 Å². The van der Waals surface area contributed by atoms with Crippen LogP contribution in [0.5, 0.6) is 0 Å². The van der Waals surface area contributed by atoms with Crippen molar-refractivity contribution >= 4 is 34.0 Å². The molecule has 0 amide bonds. The van der Waals surface area contributed by atoms with Crippen LogP contribution in [0.15, 0.2) is 24.3 Å². The average molecular weight is 298 g/mol. The molecule has 0 saturated carbocycles. The highest BCUT2D eigenvalue weighted by Crippen LogP contribution is 2.20. The topological polar surface area (TPSA) is 75.1 Å². The lowest BCUT2D eigenvalue weighted by molar-refractivity contribution is -0.137. The number of carboxylic acids is 1. The van der Waals surface area contributed by atoms with Gasteiger partial charge < -0.3 is 10.4 Å². The Hall–Kier alpha value is -1.66. The fourth-order valence-electron chi connectivity index (χ4n) is 1.41. The molecule has 1 atom stereocenters. The number of nitrogens with one attached hydrogen (secondary N) is 1. The van der Waals surface area contributed by atoms with Gasteiger partial charge in [-0.15, -0.1) is 10.2 Å². The molecule has 0 aliphatic heterocycles. The van der Waals surface area contributed by atoms with Gasteiger partial charge in [0.2, 0.25) is 5.13 Å². The molecule has 19 heavy (non-hydrogen) atoms. The molecule has 7 heteroatoms. The third kappa shape index (κ3) is 3.90. The minimum atomic E-state index is -0.922. The zero-order valence-corrected chi connectivity index (χ0v) is 11.7. The Morgan fingerprint density at radius 3 is 2.74 bits per heavy atom. The van der Waals surface area contributed by atoms with Gasteiger partial charge in [0.15, 0.2) is 0 Å². The lowest BCUT2D eigenvalue weighted by Gasteiger charge is -2.05. The zero-order valence-electron chi connectivity index (χ0n) is 10.1. The van der Waals surface area contributed by atoms with E-state index < -0.39 is 12.0 Å². The Morgan fingerprint density at radius 2 is 2.11 bits per heavy atom. The van der Waals surface area contributed by atoms with E-state index in [4.69, 9.17) is 16.7 Å². The van der Waals surface area contributed by atoms with Crippen LogP contribution in [0.2, 0.25) is 5.02 Å². The lowest BCUT2D eigenvalue weighted by atomic mass is 10.2. The molecule has 5 nitrogen and oxygen atoms in total. The van der Waals surface area contributed by atoms with Gasteiger partial charge in [-0.3, -0.25) is 4.79 Å². The van der Waals surface area contributed by atoms with Gasteiger partial charge in [-0.1, -0.05) is 35.1 Å². The molecule has 2 N–H and O–H groups in total. The van der Waals surface area contributed by atoms with Crippen LogP contribution in [0.25, 0.3) is 0 Å². The first-order chi connectivity index (χ1) is 9.04. The molecule has 0 fully saturated rings. The summed E-state index contributed by atoms with van der Waals surface area (Å²) in [6.07, 6.45) is 0.651. The first kappa shape index (κ1) is 13.8. The number of benzene rings is 1. The second-order valence-electron chi connectivity index (χ2n) is 4.01. The third-order valence-electron chi connectivity index (χ3n) is 2.45. The van der Waals surface area contributed by atoms with E-state index in [1.54, 1.807) is 6.92 Å². The highest BCUT2D eigenvalue weighted by atomic mass is 35.5. The van der Waals surface area contributed by atoms with Crippen LogP contribution in [-0.2, 0) is 11.2 Å². The van der Waals surface area contributed by atoms with Gasteiger partial charge >= 0.3 is 5.97 Å². The lowest BCUT2D eigenvalue weighted by Crippen LogP contribution is -2.25.